The highest BCUT2D eigenvalue weighted by atomic mass is 79.9. The maximum Gasteiger partial charge on any atom is 0.243 e. The Morgan fingerprint density at radius 1 is 1.44 bits per heavy atom. The molecule has 3 aromatic heterocycles. The lowest BCUT2D eigenvalue weighted by molar-refractivity contribution is 0.945. The first-order chi connectivity index (χ1) is 8.72. The van der Waals surface area contributed by atoms with Crippen molar-refractivity contribution < 1.29 is 0 Å². The van der Waals surface area contributed by atoms with E-state index in [0.717, 1.165) is 20.8 Å². The number of anilines is 1. The fraction of sp³-hybridized carbons (Fsp3) is 0.182. The normalized spacial score (nSPS) is 11.0. The quantitative estimate of drug-likeness (QED) is 0.805. The Kier molecular flexibility index (Phi) is 3.00. The van der Waals surface area contributed by atoms with Crippen LogP contribution in [0, 0.1) is 6.92 Å². The van der Waals surface area contributed by atoms with Gasteiger partial charge >= 0.3 is 0 Å². The number of hydrogen-bond acceptors (Lipinski definition) is 5. The van der Waals surface area contributed by atoms with Gasteiger partial charge in [-0.1, -0.05) is 0 Å². The number of rotatable bonds is 3. The molecule has 0 radical (unpaired) electrons. The molecular formula is C11H10BrN5S. The van der Waals surface area contributed by atoms with Crippen molar-refractivity contribution in [1.29, 1.82) is 0 Å². The Labute approximate surface area is 116 Å². The average molecular weight is 324 g/mol. The predicted molar refractivity (Wildman–Crippen MR) is 74.9 cm³/mol. The van der Waals surface area contributed by atoms with Crippen LogP contribution in [0.15, 0.2) is 28.2 Å². The summed E-state index contributed by atoms with van der Waals surface area (Å²) in [5.41, 5.74) is 1.85. The topological polar surface area (TPSA) is 55.1 Å². The third-order valence-corrected chi connectivity index (χ3v) is 3.96. The lowest BCUT2D eigenvalue weighted by Crippen LogP contribution is -2.00. The van der Waals surface area contributed by atoms with Gasteiger partial charge in [-0.05, 0) is 35.0 Å². The van der Waals surface area contributed by atoms with Gasteiger partial charge in [0.2, 0.25) is 5.95 Å². The summed E-state index contributed by atoms with van der Waals surface area (Å²) in [4.78, 5) is 8.79. The van der Waals surface area contributed by atoms with Crippen LogP contribution in [0.4, 0.5) is 5.95 Å². The minimum absolute atomic E-state index is 0.606. The summed E-state index contributed by atoms with van der Waals surface area (Å²) >= 11 is 5.08. The first-order valence-corrected chi connectivity index (χ1v) is 7.05. The van der Waals surface area contributed by atoms with E-state index in [1.54, 1.807) is 15.9 Å². The third kappa shape index (κ3) is 2.23. The number of aromatic nitrogens is 4. The largest absolute Gasteiger partial charge is 0.346 e. The number of hydrogen-bond donors (Lipinski definition) is 1. The van der Waals surface area contributed by atoms with Crippen molar-refractivity contribution in [1.82, 2.24) is 19.6 Å². The van der Waals surface area contributed by atoms with Crippen molar-refractivity contribution in [3.05, 3.63) is 38.9 Å². The van der Waals surface area contributed by atoms with E-state index >= 15 is 0 Å². The highest BCUT2D eigenvalue weighted by Crippen LogP contribution is 2.17. The standard InChI is InChI=1S/C11H10BrN5S/c1-7-6-18-9(14-7)5-13-11-15-10-8(12)3-2-4-17(10)16-11/h2-4,6H,5H2,1H3,(H,13,16). The molecule has 0 aliphatic carbocycles. The van der Waals surface area contributed by atoms with Crippen LogP contribution < -0.4 is 5.32 Å². The van der Waals surface area contributed by atoms with E-state index < -0.39 is 0 Å². The maximum atomic E-state index is 4.40. The molecule has 0 aliphatic heterocycles. The Morgan fingerprint density at radius 2 is 2.33 bits per heavy atom. The molecule has 0 saturated carbocycles. The van der Waals surface area contributed by atoms with Gasteiger partial charge < -0.3 is 5.32 Å². The van der Waals surface area contributed by atoms with Crippen molar-refractivity contribution in [2.24, 2.45) is 0 Å². The molecule has 0 unspecified atom stereocenters. The zero-order valence-electron chi connectivity index (χ0n) is 9.59. The molecule has 0 atom stereocenters. The Bertz CT molecular complexity index is 690. The summed E-state index contributed by atoms with van der Waals surface area (Å²) in [6.07, 6.45) is 1.87. The van der Waals surface area contributed by atoms with Crippen LogP contribution in [0.2, 0.25) is 0 Å². The first kappa shape index (κ1) is 11.6. The highest BCUT2D eigenvalue weighted by molar-refractivity contribution is 9.10. The fourth-order valence-corrected chi connectivity index (χ4v) is 2.72. The van der Waals surface area contributed by atoms with Gasteiger partial charge in [0.1, 0.15) is 5.01 Å². The monoisotopic (exact) mass is 323 g/mol. The van der Waals surface area contributed by atoms with Crippen LogP contribution in [0.1, 0.15) is 10.7 Å². The van der Waals surface area contributed by atoms with Gasteiger partial charge in [-0.15, -0.1) is 16.4 Å². The fourth-order valence-electron chi connectivity index (χ4n) is 1.59. The Morgan fingerprint density at radius 3 is 3.06 bits per heavy atom. The van der Waals surface area contributed by atoms with Crippen LogP contribution in [0.3, 0.4) is 0 Å². The first-order valence-electron chi connectivity index (χ1n) is 5.38. The molecule has 3 heterocycles. The molecule has 92 valence electrons. The van der Waals surface area contributed by atoms with E-state index in [1.165, 1.54) is 0 Å². The van der Waals surface area contributed by atoms with Crippen molar-refractivity contribution >= 4 is 38.9 Å². The number of thiazole rings is 1. The van der Waals surface area contributed by atoms with Crippen LogP contribution in [-0.4, -0.2) is 19.6 Å². The predicted octanol–water partition coefficient (Wildman–Crippen LogP) is 2.87. The molecule has 0 amide bonds. The molecular weight excluding hydrogens is 314 g/mol. The third-order valence-electron chi connectivity index (χ3n) is 2.38. The average Bonchev–Trinajstić information content (AvgIpc) is 2.93. The number of nitrogens with zero attached hydrogens (tertiary/aromatic N) is 4. The van der Waals surface area contributed by atoms with Crippen LogP contribution in [-0.2, 0) is 6.54 Å². The zero-order valence-corrected chi connectivity index (χ0v) is 12.0. The molecule has 0 spiro atoms. The number of pyridine rings is 1. The molecule has 0 aromatic carbocycles. The van der Waals surface area contributed by atoms with Crippen molar-refractivity contribution in [2.75, 3.05) is 5.32 Å². The lowest BCUT2D eigenvalue weighted by Gasteiger charge is -1.96. The second kappa shape index (κ2) is 4.66. The van der Waals surface area contributed by atoms with Crippen molar-refractivity contribution in [3.63, 3.8) is 0 Å². The molecule has 0 aliphatic rings. The van der Waals surface area contributed by atoms with Crippen LogP contribution >= 0.6 is 27.3 Å². The smallest absolute Gasteiger partial charge is 0.243 e. The van der Waals surface area contributed by atoms with Crippen molar-refractivity contribution in [2.45, 2.75) is 13.5 Å². The maximum absolute atomic E-state index is 4.40. The zero-order chi connectivity index (χ0) is 12.5. The van der Waals surface area contributed by atoms with Gasteiger partial charge in [0.05, 0.1) is 11.0 Å². The summed E-state index contributed by atoms with van der Waals surface area (Å²) in [6.45, 7) is 2.63. The van der Waals surface area contributed by atoms with Crippen molar-refractivity contribution in [3.8, 4) is 0 Å². The summed E-state index contributed by atoms with van der Waals surface area (Å²) in [6, 6.07) is 3.86. The Hall–Kier alpha value is -1.47. The van der Waals surface area contributed by atoms with Crippen LogP contribution in [0.25, 0.3) is 5.65 Å². The van der Waals surface area contributed by atoms with E-state index in [2.05, 4.69) is 36.3 Å². The molecule has 0 fully saturated rings. The molecule has 1 N–H and O–H groups in total. The second-order valence-electron chi connectivity index (χ2n) is 3.80. The van der Waals surface area contributed by atoms with E-state index in [1.807, 2.05) is 30.6 Å². The minimum Gasteiger partial charge on any atom is -0.346 e. The molecule has 5 nitrogen and oxygen atoms in total. The SMILES string of the molecule is Cc1csc(CNc2nc3c(Br)cccn3n2)n1. The molecule has 0 bridgehead atoms. The van der Waals surface area contributed by atoms with E-state index in [9.17, 15) is 0 Å². The van der Waals surface area contributed by atoms with E-state index in [-0.39, 0.29) is 0 Å². The van der Waals surface area contributed by atoms with Gasteiger partial charge in [0, 0.05) is 17.3 Å². The van der Waals surface area contributed by atoms with Gasteiger partial charge in [-0.25, -0.2) is 9.50 Å². The van der Waals surface area contributed by atoms with Gasteiger partial charge in [0.25, 0.3) is 0 Å². The van der Waals surface area contributed by atoms with Gasteiger partial charge in [-0.2, -0.15) is 4.98 Å². The van der Waals surface area contributed by atoms with E-state index in [0.29, 0.717) is 12.5 Å². The molecule has 18 heavy (non-hydrogen) atoms. The number of aryl methyl sites for hydroxylation is 1. The number of nitrogens with one attached hydrogen (secondary N) is 1. The number of fused-ring (bicyclic) bond motifs is 1. The van der Waals surface area contributed by atoms with Crippen LogP contribution in [0.5, 0.6) is 0 Å². The van der Waals surface area contributed by atoms with Gasteiger partial charge in [-0.3, -0.25) is 0 Å². The lowest BCUT2D eigenvalue weighted by atomic mass is 10.5. The molecule has 3 aromatic rings. The highest BCUT2D eigenvalue weighted by Gasteiger charge is 2.06. The summed E-state index contributed by atoms with van der Waals surface area (Å²) in [5.74, 6) is 0.606. The second-order valence-corrected chi connectivity index (χ2v) is 5.59. The molecule has 0 saturated heterocycles. The summed E-state index contributed by atoms with van der Waals surface area (Å²) in [7, 11) is 0. The molecule has 7 heteroatoms. The molecule has 3 rings (SSSR count). The van der Waals surface area contributed by atoms with Gasteiger partial charge in [0.15, 0.2) is 5.65 Å². The summed E-state index contributed by atoms with van der Waals surface area (Å²) in [5, 5.41) is 10.6. The number of halogens is 1. The summed E-state index contributed by atoms with van der Waals surface area (Å²) < 4.78 is 2.66. The minimum atomic E-state index is 0.606. The Balaban J connectivity index is 1.81. The van der Waals surface area contributed by atoms with E-state index in [4.69, 9.17) is 0 Å².